The number of hydrogen-bond acceptors (Lipinski definition) is 4. The summed E-state index contributed by atoms with van der Waals surface area (Å²) in [6, 6.07) is 10.8. The van der Waals surface area contributed by atoms with Crippen molar-refractivity contribution in [3.8, 4) is 5.69 Å². The van der Waals surface area contributed by atoms with Gasteiger partial charge in [0.15, 0.2) is 0 Å². The summed E-state index contributed by atoms with van der Waals surface area (Å²) in [7, 11) is 0. The quantitative estimate of drug-likeness (QED) is 0.894. The highest BCUT2D eigenvalue weighted by Crippen LogP contribution is 2.17. The highest BCUT2D eigenvalue weighted by atomic mass is 16.5. The molecule has 2 heterocycles. The fraction of sp³-hybridized carbons (Fsp3) is 0.500. The first-order valence-corrected chi connectivity index (χ1v) is 9.33. The summed E-state index contributed by atoms with van der Waals surface area (Å²) in [6.07, 6.45) is 1.78. The van der Waals surface area contributed by atoms with Crippen molar-refractivity contribution >= 4 is 6.09 Å². The van der Waals surface area contributed by atoms with E-state index in [2.05, 4.69) is 52.6 Å². The van der Waals surface area contributed by atoms with Crippen LogP contribution in [0.1, 0.15) is 36.7 Å². The van der Waals surface area contributed by atoms with Crippen LogP contribution in [0.2, 0.25) is 0 Å². The summed E-state index contributed by atoms with van der Waals surface area (Å²) >= 11 is 0. The van der Waals surface area contributed by atoms with Gasteiger partial charge in [-0.15, -0.1) is 0 Å². The fourth-order valence-electron chi connectivity index (χ4n) is 3.55. The average Bonchev–Trinajstić information content (AvgIpc) is 2.94. The SMILES string of the molecule is CCOC(=O)N[C@@H]1CCCN(Cc2ccc(-n3nc(C)cc3C)cc2)C1. The third kappa shape index (κ3) is 4.64. The van der Waals surface area contributed by atoms with E-state index in [4.69, 9.17) is 4.74 Å². The molecule has 26 heavy (non-hydrogen) atoms. The van der Waals surface area contributed by atoms with Gasteiger partial charge in [-0.25, -0.2) is 9.48 Å². The van der Waals surface area contributed by atoms with E-state index in [1.807, 2.05) is 18.5 Å². The van der Waals surface area contributed by atoms with Crippen LogP contribution in [0.3, 0.4) is 0 Å². The second kappa shape index (κ2) is 8.36. The van der Waals surface area contributed by atoms with Crippen molar-refractivity contribution < 1.29 is 9.53 Å². The predicted octanol–water partition coefficient (Wildman–Crippen LogP) is 3.20. The summed E-state index contributed by atoms with van der Waals surface area (Å²) in [5, 5.41) is 7.49. The summed E-state index contributed by atoms with van der Waals surface area (Å²) in [5.74, 6) is 0. The van der Waals surface area contributed by atoms with Gasteiger partial charge in [-0.05, 0) is 63.9 Å². The molecule has 0 aliphatic carbocycles. The Morgan fingerprint density at radius 2 is 2.08 bits per heavy atom. The summed E-state index contributed by atoms with van der Waals surface area (Å²) < 4.78 is 6.96. The molecular weight excluding hydrogens is 328 g/mol. The molecule has 2 aromatic rings. The molecule has 3 rings (SSSR count). The Morgan fingerprint density at radius 1 is 1.31 bits per heavy atom. The van der Waals surface area contributed by atoms with Gasteiger partial charge in [0.05, 0.1) is 18.0 Å². The van der Waals surface area contributed by atoms with Gasteiger partial charge in [-0.1, -0.05) is 12.1 Å². The summed E-state index contributed by atoms with van der Waals surface area (Å²) in [6.45, 7) is 9.11. The lowest BCUT2D eigenvalue weighted by atomic mass is 10.0. The largest absolute Gasteiger partial charge is 0.450 e. The topological polar surface area (TPSA) is 59.4 Å². The van der Waals surface area contributed by atoms with Gasteiger partial charge in [0.25, 0.3) is 0 Å². The number of likely N-dealkylation sites (tertiary alicyclic amines) is 1. The Labute approximate surface area is 155 Å². The van der Waals surface area contributed by atoms with Crippen molar-refractivity contribution in [2.75, 3.05) is 19.7 Å². The lowest BCUT2D eigenvalue weighted by Gasteiger charge is -2.32. The van der Waals surface area contributed by atoms with Crippen molar-refractivity contribution in [2.24, 2.45) is 0 Å². The molecule has 0 radical (unpaired) electrons. The van der Waals surface area contributed by atoms with Gasteiger partial charge in [0.1, 0.15) is 0 Å². The van der Waals surface area contributed by atoms with Crippen LogP contribution in [-0.4, -0.2) is 46.5 Å². The number of rotatable bonds is 5. The van der Waals surface area contributed by atoms with Crippen molar-refractivity contribution in [2.45, 2.75) is 46.2 Å². The second-order valence-corrected chi connectivity index (χ2v) is 6.94. The van der Waals surface area contributed by atoms with Gasteiger partial charge in [0.2, 0.25) is 0 Å². The third-order valence-electron chi connectivity index (χ3n) is 4.70. The van der Waals surface area contributed by atoms with Gasteiger partial charge in [-0.3, -0.25) is 4.90 Å². The fourth-order valence-corrected chi connectivity index (χ4v) is 3.55. The number of alkyl carbamates (subject to hydrolysis) is 1. The minimum atomic E-state index is -0.311. The summed E-state index contributed by atoms with van der Waals surface area (Å²) in [5.41, 5.74) is 4.52. The minimum Gasteiger partial charge on any atom is -0.450 e. The number of ether oxygens (including phenoxy) is 1. The Balaban J connectivity index is 1.58. The number of carbonyl (C=O) groups excluding carboxylic acids is 1. The molecular formula is C20H28N4O2. The van der Waals surface area contributed by atoms with Crippen LogP contribution in [0.5, 0.6) is 0 Å². The maximum atomic E-state index is 11.6. The van der Waals surface area contributed by atoms with Crippen molar-refractivity contribution in [1.29, 1.82) is 0 Å². The number of aromatic nitrogens is 2. The molecule has 1 aliphatic rings. The number of amides is 1. The Kier molecular flexibility index (Phi) is 5.93. The van der Waals surface area contributed by atoms with E-state index >= 15 is 0 Å². The zero-order chi connectivity index (χ0) is 18.5. The number of benzene rings is 1. The highest BCUT2D eigenvalue weighted by Gasteiger charge is 2.21. The van der Waals surface area contributed by atoms with E-state index in [1.165, 1.54) is 5.56 Å². The van der Waals surface area contributed by atoms with E-state index in [0.717, 1.165) is 49.6 Å². The van der Waals surface area contributed by atoms with Gasteiger partial charge < -0.3 is 10.1 Å². The molecule has 0 unspecified atom stereocenters. The van der Waals surface area contributed by atoms with Gasteiger partial charge >= 0.3 is 6.09 Å². The monoisotopic (exact) mass is 356 g/mol. The van der Waals surface area contributed by atoms with Gasteiger partial charge in [0, 0.05) is 24.8 Å². The molecule has 1 saturated heterocycles. The molecule has 1 fully saturated rings. The van der Waals surface area contributed by atoms with E-state index in [-0.39, 0.29) is 12.1 Å². The minimum absolute atomic E-state index is 0.164. The number of hydrogen-bond donors (Lipinski definition) is 1. The van der Waals surface area contributed by atoms with Crippen molar-refractivity contribution in [1.82, 2.24) is 20.0 Å². The van der Waals surface area contributed by atoms with Crippen LogP contribution in [0.15, 0.2) is 30.3 Å². The Bertz CT molecular complexity index is 739. The van der Waals surface area contributed by atoms with Crippen LogP contribution >= 0.6 is 0 Å². The van der Waals surface area contributed by atoms with E-state index in [9.17, 15) is 4.79 Å². The molecule has 0 spiro atoms. The second-order valence-electron chi connectivity index (χ2n) is 6.94. The number of aryl methyl sites for hydroxylation is 2. The molecule has 1 aromatic heterocycles. The van der Waals surface area contributed by atoms with Gasteiger partial charge in [-0.2, -0.15) is 5.10 Å². The molecule has 0 saturated carbocycles. The first-order chi connectivity index (χ1) is 12.5. The van der Waals surface area contributed by atoms with Crippen molar-refractivity contribution in [3.05, 3.63) is 47.3 Å². The standard InChI is InChI=1S/C20H28N4O2/c1-4-26-20(25)21-18-6-5-11-23(14-18)13-17-7-9-19(10-8-17)24-16(3)12-15(2)22-24/h7-10,12,18H,4-6,11,13-14H2,1-3H3,(H,21,25)/t18-/m1/s1. The van der Waals surface area contributed by atoms with Crippen molar-refractivity contribution in [3.63, 3.8) is 0 Å². The molecule has 0 bridgehead atoms. The maximum absolute atomic E-state index is 11.6. The molecule has 1 N–H and O–H groups in total. The highest BCUT2D eigenvalue weighted by molar-refractivity contribution is 5.67. The molecule has 1 aromatic carbocycles. The Hall–Kier alpha value is -2.34. The first-order valence-electron chi connectivity index (χ1n) is 9.33. The van der Waals surface area contributed by atoms with E-state index in [0.29, 0.717) is 6.61 Å². The molecule has 1 aliphatic heterocycles. The molecule has 6 heteroatoms. The van der Waals surface area contributed by atoms with Crippen LogP contribution in [0.4, 0.5) is 4.79 Å². The zero-order valence-corrected chi connectivity index (χ0v) is 15.9. The van der Waals surface area contributed by atoms with Crippen LogP contribution in [0.25, 0.3) is 5.69 Å². The lowest BCUT2D eigenvalue weighted by molar-refractivity contribution is 0.132. The van der Waals surface area contributed by atoms with Crippen LogP contribution in [-0.2, 0) is 11.3 Å². The Morgan fingerprint density at radius 3 is 2.73 bits per heavy atom. The van der Waals surface area contributed by atoms with E-state index in [1.54, 1.807) is 0 Å². The predicted molar refractivity (Wildman–Crippen MR) is 101 cm³/mol. The molecule has 1 amide bonds. The number of nitrogens with zero attached hydrogens (tertiary/aromatic N) is 3. The molecule has 6 nitrogen and oxygen atoms in total. The number of nitrogens with one attached hydrogen (secondary N) is 1. The normalized spacial score (nSPS) is 17.9. The number of piperidine rings is 1. The molecule has 1 atom stereocenters. The maximum Gasteiger partial charge on any atom is 0.407 e. The number of carbonyl (C=O) groups is 1. The smallest absolute Gasteiger partial charge is 0.407 e. The third-order valence-corrected chi connectivity index (χ3v) is 4.70. The first kappa shape index (κ1) is 18.5. The summed E-state index contributed by atoms with van der Waals surface area (Å²) in [4.78, 5) is 14.0. The van der Waals surface area contributed by atoms with E-state index < -0.39 is 0 Å². The van der Waals surface area contributed by atoms with Crippen LogP contribution in [0, 0.1) is 13.8 Å². The lowest BCUT2D eigenvalue weighted by Crippen LogP contribution is -2.47. The van der Waals surface area contributed by atoms with Crippen LogP contribution < -0.4 is 5.32 Å². The average molecular weight is 356 g/mol. The molecule has 140 valence electrons. The zero-order valence-electron chi connectivity index (χ0n) is 15.9.